The van der Waals surface area contributed by atoms with Crippen molar-refractivity contribution in [1.82, 2.24) is 4.90 Å². The molecule has 0 N–H and O–H groups in total. The smallest absolute Gasteiger partial charge is 0.106 e. The quantitative estimate of drug-likeness (QED) is 0.740. The van der Waals surface area contributed by atoms with Crippen molar-refractivity contribution in [3.8, 4) is 0 Å². The van der Waals surface area contributed by atoms with Crippen LogP contribution in [0.4, 0.5) is 0 Å². The first-order valence-electron chi connectivity index (χ1n) is 8.67. The molecule has 0 saturated carbocycles. The van der Waals surface area contributed by atoms with Crippen molar-refractivity contribution in [2.24, 2.45) is 0 Å². The summed E-state index contributed by atoms with van der Waals surface area (Å²) in [5, 5.41) is 0. The first-order valence-corrected chi connectivity index (χ1v) is 8.67. The van der Waals surface area contributed by atoms with E-state index in [-0.39, 0.29) is 12.2 Å². The van der Waals surface area contributed by atoms with Gasteiger partial charge in [-0.3, -0.25) is 4.90 Å². The first-order chi connectivity index (χ1) is 10.2. The molecular weight excluding hydrogens is 262 g/mol. The number of rotatable bonds is 3. The predicted octanol–water partition coefficient (Wildman–Crippen LogP) is 3.78. The zero-order valence-electron chi connectivity index (χ0n) is 14.4. The minimum atomic E-state index is 0.143. The number of ether oxygens (including phenoxy) is 2. The van der Waals surface area contributed by atoms with Crippen molar-refractivity contribution in [2.75, 3.05) is 27.3 Å². The summed E-state index contributed by atoms with van der Waals surface area (Å²) in [6.07, 6.45) is 9.37. The lowest BCUT2D eigenvalue weighted by Gasteiger charge is -2.38. The van der Waals surface area contributed by atoms with E-state index < -0.39 is 0 Å². The van der Waals surface area contributed by atoms with Gasteiger partial charge >= 0.3 is 0 Å². The van der Waals surface area contributed by atoms with Gasteiger partial charge in [-0.1, -0.05) is 18.4 Å². The lowest BCUT2D eigenvalue weighted by atomic mass is 9.85. The van der Waals surface area contributed by atoms with Crippen molar-refractivity contribution in [1.29, 1.82) is 0 Å². The summed E-state index contributed by atoms with van der Waals surface area (Å²) in [6, 6.07) is 0.566. The third kappa shape index (κ3) is 4.30. The molecule has 0 aromatic carbocycles. The number of nitrogens with zero attached hydrogens (tertiary/aromatic N) is 1. The first kappa shape index (κ1) is 17.0. The molecule has 1 aliphatic heterocycles. The molecule has 0 spiro atoms. The molecule has 2 aliphatic rings. The summed E-state index contributed by atoms with van der Waals surface area (Å²) in [4.78, 5) is 2.54. The maximum Gasteiger partial charge on any atom is 0.106 e. The molecule has 0 radical (unpaired) electrons. The van der Waals surface area contributed by atoms with Crippen LogP contribution in [0.25, 0.3) is 0 Å². The monoisotopic (exact) mass is 295 g/mol. The van der Waals surface area contributed by atoms with Gasteiger partial charge in [-0.2, -0.15) is 0 Å². The van der Waals surface area contributed by atoms with Gasteiger partial charge in [0.15, 0.2) is 0 Å². The highest BCUT2D eigenvalue weighted by Gasteiger charge is 2.31. The minimum Gasteiger partial charge on any atom is -0.377 e. The van der Waals surface area contributed by atoms with Gasteiger partial charge in [0.05, 0.1) is 6.10 Å². The van der Waals surface area contributed by atoms with Crippen LogP contribution in [0, 0.1) is 0 Å². The van der Waals surface area contributed by atoms with E-state index >= 15 is 0 Å². The number of hydrogen-bond acceptors (Lipinski definition) is 3. The van der Waals surface area contributed by atoms with Crippen molar-refractivity contribution < 1.29 is 9.47 Å². The molecule has 0 unspecified atom stereocenters. The van der Waals surface area contributed by atoms with E-state index in [4.69, 9.17) is 9.47 Å². The van der Waals surface area contributed by atoms with Crippen LogP contribution in [0.2, 0.25) is 0 Å². The van der Waals surface area contributed by atoms with Crippen LogP contribution < -0.4 is 0 Å². The summed E-state index contributed by atoms with van der Waals surface area (Å²) < 4.78 is 11.7. The third-order valence-corrected chi connectivity index (χ3v) is 5.21. The van der Waals surface area contributed by atoms with Gasteiger partial charge < -0.3 is 9.47 Å². The normalized spacial score (nSPS) is 33.0. The number of methoxy groups -OCH3 is 2. The second kappa shape index (κ2) is 8.30. The summed E-state index contributed by atoms with van der Waals surface area (Å²) in [6.45, 7) is 6.70. The molecule has 0 aromatic heterocycles. The van der Waals surface area contributed by atoms with Crippen LogP contribution in [-0.2, 0) is 9.47 Å². The maximum absolute atomic E-state index is 5.91. The molecule has 3 nitrogen and oxygen atoms in total. The van der Waals surface area contributed by atoms with Crippen molar-refractivity contribution >= 4 is 0 Å². The van der Waals surface area contributed by atoms with E-state index in [1.54, 1.807) is 11.1 Å². The van der Waals surface area contributed by atoms with Gasteiger partial charge in [0.25, 0.3) is 0 Å². The lowest BCUT2D eigenvalue weighted by Crippen LogP contribution is -2.47. The third-order valence-electron chi connectivity index (χ3n) is 5.21. The van der Waals surface area contributed by atoms with Gasteiger partial charge in [0.2, 0.25) is 0 Å². The van der Waals surface area contributed by atoms with E-state index in [1.165, 1.54) is 44.9 Å². The van der Waals surface area contributed by atoms with Gasteiger partial charge in [-0.25, -0.2) is 0 Å². The Morgan fingerprint density at radius 1 is 0.952 bits per heavy atom. The largest absolute Gasteiger partial charge is 0.377 e. The van der Waals surface area contributed by atoms with E-state index in [0.717, 1.165) is 13.1 Å². The van der Waals surface area contributed by atoms with E-state index in [9.17, 15) is 0 Å². The summed E-state index contributed by atoms with van der Waals surface area (Å²) in [5.41, 5.74) is 3.22. The molecule has 122 valence electrons. The highest BCUT2D eigenvalue weighted by molar-refractivity contribution is 5.22. The zero-order chi connectivity index (χ0) is 15.2. The molecule has 1 aliphatic carbocycles. The highest BCUT2D eigenvalue weighted by Crippen LogP contribution is 2.32. The zero-order valence-corrected chi connectivity index (χ0v) is 14.4. The average Bonchev–Trinajstić information content (AvgIpc) is 2.43. The van der Waals surface area contributed by atoms with Crippen molar-refractivity contribution in [2.45, 2.75) is 77.0 Å². The van der Waals surface area contributed by atoms with Crippen LogP contribution >= 0.6 is 0 Å². The Hall–Kier alpha value is -0.380. The summed E-state index contributed by atoms with van der Waals surface area (Å²) in [5.74, 6) is 0. The minimum absolute atomic E-state index is 0.143. The Labute approximate surface area is 130 Å². The molecule has 21 heavy (non-hydrogen) atoms. The topological polar surface area (TPSA) is 21.7 Å². The Morgan fingerprint density at radius 3 is 2.29 bits per heavy atom. The second-order valence-electron chi connectivity index (χ2n) is 6.81. The standard InChI is InChI=1S/C18H33NO2/c1-14(2)19-12-11-15-9-7-5-6-8-10-16(15)18(21-4)17(13-19)20-3/h14,17-18H,5-13H2,1-4H3/b16-15-/t17-,18-/m0/s1. The SMILES string of the molecule is CO[C@H]1CN(C(C)C)CC/C2=C(/CCCCCC2)[C@@H]1OC. The van der Waals surface area contributed by atoms with Crippen LogP contribution in [-0.4, -0.2) is 50.5 Å². The Kier molecular flexibility index (Phi) is 6.72. The van der Waals surface area contributed by atoms with Gasteiger partial charge in [-0.15, -0.1) is 0 Å². The van der Waals surface area contributed by atoms with Crippen molar-refractivity contribution in [3.05, 3.63) is 11.1 Å². The molecule has 2 atom stereocenters. The van der Waals surface area contributed by atoms with Crippen LogP contribution in [0.15, 0.2) is 11.1 Å². The Bertz CT molecular complexity index is 351. The Morgan fingerprint density at radius 2 is 1.67 bits per heavy atom. The van der Waals surface area contributed by atoms with Crippen LogP contribution in [0.3, 0.4) is 0 Å². The van der Waals surface area contributed by atoms with Gasteiger partial charge in [0.1, 0.15) is 6.10 Å². The molecule has 0 saturated heterocycles. The van der Waals surface area contributed by atoms with Gasteiger partial charge in [-0.05, 0) is 51.5 Å². The molecule has 0 amide bonds. The fourth-order valence-corrected chi connectivity index (χ4v) is 3.86. The molecule has 0 fully saturated rings. The molecule has 0 aromatic rings. The van der Waals surface area contributed by atoms with Gasteiger partial charge in [0, 0.05) is 33.4 Å². The van der Waals surface area contributed by atoms with Crippen LogP contribution in [0.1, 0.15) is 58.8 Å². The van der Waals surface area contributed by atoms with Crippen molar-refractivity contribution in [3.63, 3.8) is 0 Å². The number of hydrogen-bond donors (Lipinski definition) is 0. The Balaban J connectivity index is 2.29. The molecule has 1 heterocycles. The van der Waals surface area contributed by atoms with Crippen LogP contribution in [0.5, 0.6) is 0 Å². The average molecular weight is 295 g/mol. The second-order valence-corrected chi connectivity index (χ2v) is 6.81. The fraction of sp³-hybridized carbons (Fsp3) is 0.889. The summed E-state index contributed by atoms with van der Waals surface area (Å²) in [7, 11) is 3.68. The molecule has 2 rings (SSSR count). The fourth-order valence-electron chi connectivity index (χ4n) is 3.86. The van der Waals surface area contributed by atoms with E-state index in [0.29, 0.717) is 6.04 Å². The van der Waals surface area contributed by atoms with E-state index in [1.807, 2.05) is 14.2 Å². The summed E-state index contributed by atoms with van der Waals surface area (Å²) >= 11 is 0. The molecular formula is C18H33NO2. The maximum atomic E-state index is 5.91. The lowest BCUT2D eigenvalue weighted by molar-refractivity contribution is -0.0421. The molecule has 0 bridgehead atoms. The van der Waals surface area contributed by atoms with E-state index in [2.05, 4.69) is 18.7 Å². The molecule has 3 heteroatoms. The predicted molar refractivity (Wildman–Crippen MR) is 87.6 cm³/mol. The highest BCUT2D eigenvalue weighted by atomic mass is 16.5.